The summed E-state index contributed by atoms with van der Waals surface area (Å²) in [5.41, 5.74) is 0.996. The molecule has 0 aliphatic carbocycles. The average molecular weight is 249 g/mol. The molecule has 1 aromatic carbocycles. The molecule has 1 N–H and O–H groups in total. The molecule has 0 bridgehead atoms. The fourth-order valence-electron chi connectivity index (χ4n) is 1.95. The molecule has 2 heterocycles. The maximum absolute atomic E-state index is 11.6. The predicted molar refractivity (Wildman–Crippen MR) is 62.9 cm³/mol. The number of anilines is 1. The number of benzene rings is 1. The number of halogens is 1. The number of carbonyl (C=O) groups excluding carboxylic acids is 1. The van der Waals surface area contributed by atoms with E-state index in [1.54, 1.807) is 16.8 Å². The summed E-state index contributed by atoms with van der Waals surface area (Å²) in [4.78, 5) is 15.6. The number of aromatic nitrogens is 3. The van der Waals surface area contributed by atoms with Crippen LogP contribution >= 0.6 is 11.6 Å². The van der Waals surface area contributed by atoms with E-state index >= 15 is 0 Å². The van der Waals surface area contributed by atoms with Crippen LogP contribution in [0.25, 0.3) is 0 Å². The van der Waals surface area contributed by atoms with E-state index in [-0.39, 0.29) is 11.9 Å². The number of rotatable bonds is 1. The number of nitrogens with one attached hydrogen (secondary N) is 1. The Hall–Kier alpha value is -1.88. The van der Waals surface area contributed by atoms with Crippen LogP contribution in [0.4, 0.5) is 5.95 Å². The lowest BCUT2D eigenvalue weighted by Crippen LogP contribution is -2.29. The molecule has 2 aromatic rings. The molecule has 0 spiro atoms. The van der Waals surface area contributed by atoms with Crippen molar-refractivity contribution in [3.8, 4) is 0 Å². The van der Waals surface area contributed by atoms with E-state index in [9.17, 15) is 4.79 Å². The Labute approximate surface area is 102 Å². The van der Waals surface area contributed by atoms with Crippen molar-refractivity contribution in [2.45, 2.75) is 12.5 Å². The summed E-state index contributed by atoms with van der Waals surface area (Å²) in [6.45, 7) is 0. The molecule has 86 valence electrons. The van der Waals surface area contributed by atoms with Crippen LogP contribution in [0.3, 0.4) is 0 Å². The van der Waals surface area contributed by atoms with Gasteiger partial charge in [0.1, 0.15) is 6.33 Å². The van der Waals surface area contributed by atoms with Gasteiger partial charge in [-0.1, -0.05) is 23.7 Å². The van der Waals surface area contributed by atoms with Crippen LogP contribution < -0.4 is 5.32 Å². The summed E-state index contributed by atoms with van der Waals surface area (Å²) in [5, 5.41) is 7.48. The van der Waals surface area contributed by atoms with Crippen LogP contribution in [0.15, 0.2) is 30.6 Å². The molecular formula is C11H9ClN4O. The van der Waals surface area contributed by atoms with Crippen molar-refractivity contribution < 1.29 is 4.79 Å². The highest BCUT2D eigenvalue weighted by atomic mass is 35.5. The first-order valence-electron chi connectivity index (χ1n) is 5.19. The van der Waals surface area contributed by atoms with Crippen molar-refractivity contribution in [3.63, 3.8) is 0 Å². The lowest BCUT2D eigenvalue weighted by Gasteiger charge is -2.23. The van der Waals surface area contributed by atoms with Gasteiger partial charge in [0.2, 0.25) is 11.9 Å². The van der Waals surface area contributed by atoms with E-state index in [0.717, 1.165) is 5.56 Å². The largest absolute Gasteiger partial charge is 0.295 e. The minimum absolute atomic E-state index is 0.0505. The molecule has 1 amide bonds. The summed E-state index contributed by atoms with van der Waals surface area (Å²) < 4.78 is 1.71. The fraction of sp³-hybridized carbons (Fsp3) is 0.182. The molecule has 0 unspecified atom stereocenters. The Morgan fingerprint density at radius 1 is 1.35 bits per heavy atom. The lowest BCUT2D eigenvalue weighted by molar-refractivity contribution is -0.117. The van der Waals surface area contributed by atoms with Gasteiger partial charge in [0.05, 0.1) is 12.5 Å². The van der Waals surface area contributed by atoms with Gasteiger partial charge in [-0.3, -0.25) is 10.1 Å². The molecular weight excluding hydrogens is 240 g/mol. The van der Waals surface area contributed by atoms with E-state index in [0.29, 0.717) is 17.4 Å². The fourth-order valence-corrected chi connectivity index (χ4v) is 2.08. The van der Waals surface area contributed by atoms with Gasteiger partial charge >= 0.3 is 0 Å². The second kappa shape index (κ2) is 3.85. The van der Waals surface area contributed by atoms with Crippen LogP contribution in [0.2, 0.25) is 5.02 Å². The molecule has 1 aliphatic heterocycles. The highest BCUT2D eigenvalue weighted by molar-refractivity contribution is 6.30. The predicted octanol–water partition coefficient (Wildman–Crippen LogP) is 1.86. The van der Waals surface area contributed by atoms with Gasteiger partial charge in [0.15, 0.2) is 0 Å². The number of carbonyl (C=O) groups is 1. The van der Waals surface area contributed by atoms with Crippen molar-refractivity contribution in [2.24, 2.45) is 0 Å². The van der Waals surface area contributed by atoms with Crippen LogP contribution in [0.1, 0.15) is 18.0 Å². The second-order valence-electron chi connectivity index (χ2n) is 3.85. The second-order valence-corrected chi connectivity index (χ2v) is 4.28. The van der Waals surface area contributed by atoms with Crippen molar-refractivity contribution in [1.82, 2.24) is 14.8 Å². The Morgan fingerprint density at radius 2 is 2.12 bits per heavy atom. The van der Waals surface area contributed by atoms with Gasteiger partial charge in [-0.25, -0.2) is 4.68 Å². The smallest absolute Gasteiger partial charge is 0.229 e. The van der Waals surface area contributed by atoms with E-state index in [1.165, 1.54) is 6.33 Å². The molecule has 5 nitrogen and oxygen atoms in total. The number of hydrogen-bond acceptors (Lipinski definition) is 3. The topological polar surface area (TPSA) is 59.8 Å². The SMILES string of the molecule is O=C1C[C@@H](c2ccc(Cl)cc2)n2ncnc2N1. The molecule has 0 radical (unpaired) electrons. The van der Waals surface area contributed by atoms with Crippen LogP contribution in [0.5, 0.6) is 0 Å². The van der Waals surface area contributed by atoms with E-state index in [2.05, 4.69) is 15.4 Å². The lowest BCUT2D eigenvalue weighted by atomic mass is 10.0. The van der Waals surface area contributed by atoms with E-state index in [1.807, 2.05) is 12.1 Å². The number of amides is 1. The summed E-state index contributed by atoms with van der Waals surface area (Å²) in [5.74, 6) is 0.437. The molecule has 1 aliphatic rings. The third kappa shape index (κ3) is 1.78. The maximum Gasteiger partial charge on any atom is 0.229 e. The standard InChI is InChI=1S/C11H9ClN4O/c12-8-3-1-7(2-4-8)9-5-10(17)15-11-13-6-14-16(9)11/h1-4,6,9H,5H2,(H,13,14,15,17)/t9-/m0/s1. The summed E-state index contributed by atoms with van der Waals surface area (Å²) >= 11 is 5.84. The van der Waals surface area contributed by atoms with Crippen LogP contribution in [0, 0.1) is 0 Å². The zero-order valence-corrected chi connectivity index (χ0v) is 9.55. The monoisotopic (exact) mass is 248 g/mol. The van der Waals surface area contributed by atoms with Crippen molar-refractivity contribution in [3.05, 3.63) is 41.2 Å². The van der Waals surface area contributed by atoms with Gasteiger partial charge in [0, 0.05) is 5.02 Å². The third-order valence-electron chi connectivity index (χ3n) is 2.75. The number of fused-ring (bicyclic) bond motifs is 1. The highest BCUT2D eigenvalue weighted by Crippen LogP contribution is 2.28. The van der Waals surface area contributed by atoms with Gasteiger partial charge in [-0.15, -0.1) is 0 Å². The minimum Gasteiger partial charge on any atom is -0.295 e. The summed E-state index contributed by atoms with van der Waals surface area (Å²) in [7, 11) is 0. The number of hydrogen-bond donors (Lipinski definition) is 1. The zero-order valence-electron chi connectivity index (χ0n) is 8.80. The molecule has 0 fully saturated rings. The van der Waals surface area contributed by atoms with Gasteiger partial charge in [0.25, 0.3) is 0 Å². The Morgan fingerprint density at radius 3 is 2.88 bits per heavy atom. The first-order valence-corrected chi connectivity index (χ1v) is 5.56. The molecule has 1 atom stereocenters. The molecule has 1 aromatic heterocycles. The molecule has 0 saturated carbocycles. The first-order chi connectivity index (χ1) is 8.24. The summed E-state index contributed by atoms with van der Waals surface area (Å²) in [6.07, 6.45) is 1.79. The number of nitrogens with zero attached hydrogens (tertiary/aromatic N) is 3. The average Bonchev–Trinajstić information content (AvgIpc) is 2.77. The Balaban J connectivity index is 2.04. The molecule has 6 heteroatoms. The highest BCUT2D eigenvalue weighted by Gasteiger charge is 2.27. The van der Waals surface area contributed by atoms with Gasteiger partial charge < -0.3 is 0 Å². The molecule has 0 saturated heterocycles. The third-order valence-corrected chi connectivity index (χ3v) is 3.01. The minimum atomic E-state index is -0.112. The van der Waals surface area contributed by atoms with Crippen molar-refractivity contribution in [2.75, 3.05) is 5.32 Å². The molecule has 3 rings (SSSR count). The first kappa shape index (κ1) is 10.3. The normalized spacial score (nSPS) is 18.6. The van der Waals surface area contributed by atoms with Crippen LogP contribution in [-0.4, -0.2) is 20.7 Å². The van der Waals surface area contributed by atoms with E-state index in [4.69, 9.17) is 11.6 Å². The maximum atomic E-state index is 11.6. The Kier molecular flexibility index (Phi) is 2.33. The van der Waals surface area contributed by atoms with Crippen molar-refractivity contribution in [1.29, 1.82) is 0 Å². The molecule has 17 heavy (non-hydrogen) atoms. The Bertz CT molecular complexity index is 563. The van der Waals surface area contributed by atoms with Gasteiger partial charge in [-0.2, -0.15) is 10.1 Å². The quantitative estimate of drug-likeness (QED) is 0.838. The van der Waals surface area contributed by atoms with Gasteiger partial charge in [-0.05, 0) is 17.7 Å². The summed E-state index contributed by atoms with van der Waals surface area (Å²) in [6, 6.07) is 7.30. The van der Waals surface area contributed by atoms with E-state index < -0.39 is 0 Å². The van der Waals surface area contributed by atoms with Crippen LogP contribution in [-0.2, 0) is 4.79 Å². The zero-order chi connectivity index (χ0) is 11.8. The van der Waals surface area contributed by atoms with Crippen molar-refractivity contribution >= 4 is 23.5 Å².